The van der Waals surface area contributed by atoms with E-state index in [0.717, 1.165) is 0 Å². The second-order valence-corrected chi connectivity index (χ2v) is 7.54. The lowest BCUT2D eigenvalue weighted by Gasteiger charge is -2.23. The summed E-state index contributed by atoms with van der Waals surface area (Å²) in [7, 11) is 4.22. The van der Waals surface area contributed by atoms with Crippen molar-refractivity contribution in [1.82, 2.24) is 0 Å². The van der Waals surface area contributed by atoms with E-state index < -0.39 is 11.9 Å². The number of methoxy groups -OCH3 is 3. The van der Waals surface area contributed by atoms with E-state index >= 15 is 0 Å². The first-order chi connectivity index (χ1) is 16.3. The number of rotatable bonds is 10. The highest BCUT2D eigenvalue weighted by Crippen LogP contribution is 2.55. The Kier molecular flexibility index (Phi) is 7.60. The summed E-state index contributed by atoms with van der Waals surface area (Å²) in [5.74, 6) is -0.984. The molecule has 2 aromatic rings. The topological polar surface area (TPSA) is 119 Å². The second-order valence-electron chi connectivity index (χ2n) is 7.54. The third kappa shape index (κ3) is 4.48. The van der Waals surface area contributed by atoms with Crippen molar-refractivity contribution in [3.63, 3.8) is 0 Å². The summed E-state index contributed by atoms with van der Waals surface area (Å²) in [4.78, 5) is 25.6. The summed E-state index contributed by atoms with van der Waals surface area (Å²) in [6.07, 6.45) is 0.231. The minimum atomic E-state index is -1.27. The van der Waals surface area contributed by atoms with Gasteiger partial charge < -0.3 is 38.3 Å². The van der Waals surface area contributed by atoms with Gasteiger partial charge in [0.05, 0.1) is 45.2 Å². The third-order valence-electron chi connectivity index (χ3n) is 4.95. The molecule has 2 aromatic carbocycles. The van der Waals surface area contributed by atoms with E-state index in [9.17, 15) is 14.7 Å². The Hall–Kier alpha value is -3.82. The van der Waals surface area contributed by atoms with Gasteiger partial charge in [0.1, 0.15) is 0 Å². The number of ether oxygens (including phenoxy) is 7. The molecule has 1 heterocycles. The first-order valence-corrected chi connectivity index (χ1v) is 10.7. The Morgan fingerprint density at radius 1 is 0.941 bits per heavy atom. The van der Waals surface area contributed by atoms with Crippen LogP contribution in [0.2, 0.25) is 0 Å². The lowest BCUT2D eigenvalue weighted by atomic mass is 9.91. The number of esters is 1. The van der Waals surface area contributed by atoms with E-state index in [4.69, 9.17) is 33.2 Å². The molecule has 1 aliphatic rings. The zero-order valence-electron chi connectivity index (χ0n) is 20.0. The number of carboxylic acid groups (broad SMARTS) is 1. The van der Waals surface area contributed by atoms with Gasteiger partial charge >= 0.3 is 11.9 Å². The van der Waals surface area contributed by atoms with Crippen molar-refractivity contribution in [3.8, 4) is 45.6 Å². The van der Waals surface area contributed by atoms with Gasteiger partial charge in [-0.25, -0.2) is 9.59 Å². The third-order valence-corrected chi connectivity index (χ3v) is 4.95. The van der Waals surface area contributed by atoms with E-state index in [1.165, 1.54) is 33.5 Å². The molecule has 3 rings (SSSR count). The Morgan fingerprint density at radius 2 is 1.59 bits per heavy atom. The normalized spacial score (nSPS) is 11.9. The fourth-order valence-corrected chi connectivity index (χ4v) is 3.60. The van der Waals surface area contributed by atoms with Crippen molar-refractivity contribution in [2.24, 2.45) is 0 Å². The van der Waals surface area contributed by atoms with Crippen LogP contribution in [0.5, 0.6) is 34.5 Å². The van der Waals surface area contributed by atoms with Crippen molar-refractivity contribution in [2.75, 3.05) is 34.7 Å². The summed E-state index contributed by atoms with van der Waals surface area (Å²) in [6, 6.07) is 2.74. The number of fused-ring (bicyclic) bond motifs is 1. The van der Waals surface area contributed by atoms with Crippen molar-refractivity contribution >= 4 is 11.9 Å². The van der Waals surface area contributed by atoms with E-state index in [2.05, 4.69) is 0 Å². The van der Waals surface area contributed by atoms with Crippen molar-refractivity contribution in [2.45, 2.75) is 33.3 Å². The summed E-state index contributed by atoms with van der Waals surface area (Å²) < 4.78 is 39.0. The predicted molar refractivity (Wildman–Crippen MR) is 121 cm³/mol. The largest absolute Gasteiger partial charge is 0.493 e. The van der Waals surface area contributed by atoms with Crippen molar-refractivity contribution in [1.29, 1.82) is 0 Å². The van der Waals surface area contributed by atoms with Gasteiger partial charge in [0, 0.05) is 11.1 Å². The first kappa shape index (κ1) is 24.8. The maximum absolute atomic E-state index is 13.2. The predicted octanol–water partition coefficient (Wildman–Crippen LogP) is 4.16. The highest BCUT2D eigenvalue weighted by molar-refractivity contribution is 6.08. The van der Waals surface area contributed by atoms with Crippen LogP contribution in [0.25, 0.3) is 11.1 Å². The summed E-state index contributed by atoms with van der Waals surface area (Å²) >= 11 is 0. The molecule has 0 radical (unpaired) electrons. The SMILES string of the molecule is CCCOC(=O)c1cc(OC)c(OC)c(OC(C)C)c1-c1c(C(=O)O)cc(OC)c2c1OCO2. The first-order valence-electron chi connectivity index (χ1n) is 10.7. The van der Waals surface area contributed by atoms with E-state index in [1.807, 2.05) is 6.92 Å². The molecular formula is C24H28O10. The number of benzene rings is 2. The van der Waals surface area contributed by atoms with Crippen LogP contribution in [-0.4, -0.2) is 57.9 Å². The van der Waals surface area contributed by atoms with Crippen LogP contribution in [0.15, 0.2) is 12.1 Å². The van der Waals surface area contributed by atoms with Gasteiger partial charge in [-0.1, -0.05) is 6.92 Å². The molecule has 0 aliphatic carbocycles. The van der Waals surface area contributed by atoms with Gasteiger partial charge in [0.2, 0.25) is 18.3 Å². The number of carbonyl (C=O) groups excluding carboxylic acids is 1. The molecule has 0 fully saturated rings. The van der Waals surface area contributed by atoms with Crippen LogP contribution in [0.4, 0.5) is 0 Å². The maximum atomic E-state index is 13.2. The van der Waals surface area contributed by atoms with Crippen molar-refractivity contribution in [3.05, 3.63) is 23.3 Å². The molecule has 0 atom stereocenters. The Labute approximate surface area is 197 Å². The van der Waals surface area contributed by atoms with Crippen LogP contribution in [0, 0.1) is 0 Å². The molecule has 0 bridgehead atoms. The van der Waals surface area contributed by atoms with Gasteiger partial charge in [0.15, 0.2) is 23.0 Å². The van der Waals surface area contributed by atoms with Gasteiger partial charge in [-0.3, -0.25) is 0 Å². The highest BCUT2D eigenvalue weighted by atomic mass is 16.7. The Morgan fingerprint density at radius 3 is 2.15 bits per heavy atom. The number of hydrogen-bond acceptors (Lipinski definition) is 9. The summed E-state index contributed by atoms with van der Waals surface area (Å²) in [5.41, 5.74) is 0.0219. The molecule has 1 N–H and O–H groups in total. The number of hydrogen-bond donors (Lipinski definition) is 1. The average Bonchev–Trinajstić information content (AvgIpc) is 3.30. The van der Waals surface area contributed by atoms with E-state index in [1.54, 1.807) is 13.8 Å². The minimum absolute atomic E-state index is 0.0205. The highest BCUT2D eigenvalue weighted by Gasteiger charge is 2.36. The molecule has 0 saturated carbocycles. The molecule has 34 heavy (non-hydrogen) atoms. The molecule has 1 aliphatic heterocycles. The standard InChI is InChI=1S/C24H28O10/c1-7-8-31-24(27)14-10-15(28-4)19(30-6)22(34-12(2)3)18(14)17-13(23(25)26)9-16(29-5)20-21(17)33-11-32-20/h9-10,12H,7-8,11H2,1-6H3,(H,25,26). The fourth-order valence-electron chi connectivity index (χ4n) is 3.60. The van der Waals surface area contributed by atoms with Crippen molar-refractivity contribution < 1.29 is 47.9 Å². The number of carbonyl (C=O) groups is 2. The molecule has 0 unspecified atom stereocenters. The fraction of sp³-hybridized carbons (Fsp3) is 0.417. The van der Waals surface area contributed by atoms with Gasteiger partial charge in [0.25, 0.3) is 0 Å². The van der Waals surface area contributed by atoms with E-state index in [0.29, 0.717) is 6.42 Å². The molecule has 10 nitrogen and oxygen atoms in total. The lowest BCUT2D eigenvalue weighted by Crippen LogP contribution is -2.15. The monoisotopic (exact) mass is 476 g/mol. The van der Waals surface area contributed by atoms with Crippen LogP contribution in [-0.2, 0) is 4.74 Å². The van der Waals surface area contributed by atoms with Crippen LogP contribution in [0.1, 0.15) is 47.9 Å². The van der Waals surface area contributed by atoms with Gasteiger partial charge in [-0.2, -0.15) is 0 Å². The van der Waals surface area contributed by atoms with Crippen LogP contribution >= 0.6 is 0 Å². The number of aromatic carboxylic acids is 1. The van der Waals surface area contributed by atoms with E-state index in [-0.39, 0.29) is 76.3 Å². The van der Waals surface area contributed by atoms with Crippen LogP contribution in [0.3, 0.4) is 0 Å². The summed E-state index contributed by atoms with van der Waals surface area (Å²) in [6.45, 7) is 5.44. The summed E-state index contributed by atoms with van der Waals surface area (Å²) in [5, 5.41) is 10.1. The molecule has 0 amide bonds. The zero-order valence-corrected chi connectivity index (χ0v) is 20.0. The van der Waals surface area contributed by atoms with Gasteiger partial charge in [-0.15, -0.1) is 0 Å². The average molecular weight is 476 g/mol. The smallest absolute Gasteiger partial charge is 0.339 e. The quantitative estimate of drug-likeness (QED) is 0.501. The molecule has 0 aromatic heterocycles. The minimum Gasteiger partial charge on any atom is -0.493 e. The molecule has 0 spiro atoms. The molecule has 10 heteroatoms. The second kappa shape index (κ2) is 10.4. The van der Waals surface area contributed by atoms with Gasteiger partial charge in [-0.05, 0) is 32.4 Å². The maximum Gasteiger partial charge on any atom is 0.339 e. The lowest BCUT2D eigenvalue weighted by molar-refractivity contribution is 0.0504. The zero-order chi connectivity index (χ0) is 25.0. The molecular weight excluding hydrogens is 448 g/mol. The molecule has 0 saturated heterocycles. The Bertz CT molecular complexity index is 1090. The molecule has 184 valence electrons. The van der Waals surface area contributed by atoms with Crippen LogP contribution < -0.4 is 28.4 Å². The number of carboxylic acids is 1. The Balaban J connectivity index is 2.51.